The molecule has 0 bridgehead atoms. The predicted octanol–water partition coefficient (Wildman–Crippen LogP) is 0.921. The molecule has 0 aliphatic carbocycles. The highest BCUT2D eigenvalue weighted by atomic mass is 19.1. The first-order chi connectivity index (χ1) is 10.3. The minimum Gasteiger partial charge on any atom is -0.368 e. The number of amidine groups is 1. The van der Waals surface area contributed by atoms with E-state index in [0.29, 0.717) is 6.54 Å². The van der Waals surface area contributed by atoms with Gasteiger partial charge in [-0.2, -0.15) is 0 Å². The van der Waals surface area contributed by atoms with E-state index < -0.39 is 0 Å². The van der Waals surface area contributed by atoms with Gasteiger partial charge in [0.15, 0.2) is 0 Å². The van der Waals surface area contributed by atoms with Crippen LogP contribution in [0.2, 0.25) is 0 Å². The van der Waals surface area contributed by atoms with Gasteiger partial charge < -0.3 is 15.6 Å². The first-order valence-corrected chi connectivity index (χ1v) is 7.25. The second kappa shape index (κ2) is 6.69. The van der Waals surface area contributed by atoms with E-state index in [2.05, 4.69) is 25.6 Å². The van der Waals surface area contributed by atoms with Gasteiger partial charge in [0.25, 0.3) is 0 Å². The molecule has 0 spiro atoms. The molecule has 0 radical (unpaired) electrons. The van der Waals surface area contributed by atoms with Crippen molar-refractivity contribution in [3.05, 3.63) is 48.0 Å². The summed E-state index contributed by atoms with van der Waals surface area (Å²) in [5.74, 6) is 0.697. The normalized spacial score (nSPS) is 19.5. The summed E-state index contributed by atoms with van der Waals surface area (Å²) in [4.78, 5) is 4.36. The van der Waals surface area contributed by atoms with E-state index in [-0.39, 0.29) is 5.82 Å². The molecule has 0 aromatic heterocycles. The Bertz CT molecular complexity index is 537. The van der Waals surface area contributed by atoms with Crippen LogP contribution in [0.5, 0.6) is 0 Å². The van der Waals surface area contributed by atoms with Gasteiger partial charge in [-0.25, -0.2) is 14.4 Å². The molecular weight excluding hydrogens is 269 g/mol. The van der Waals surface area contributed by atoms with Crippen molar-refractivity contribution in [2.75, 3.05) is 32.7 Å². The Balaban J connectivity index is 1.54. The van der Waals surface area contributed by atoms with E-state index in [9.17, 15) is 4.39 Å². The molecule has 2 heterocycles. The van der Waals surface area contributed by atoms with Gasteiger partial charge in [-0.15, -0.1) is 0 Å². The van der Waals surface area contributed by atoms with Crippen LogP contribution in [0, 0.1) is 5.82 Å². The molecule has 0 amide bonds. The standard InChI is InChI=1S/C15H20FN5/c16-14-3-1-2-13(10-14)11-19-15-12-21(9-6-18-15)20-7-4-17-5-8-20/h1-3,6,9-10,17H,4-5,7-8,11-12H2,(H,18,19). The summed E-state index contributed by atoms with van der Waals surface area (Å²) < 4.78 is 13.1. The molecule has 6 heteroatoms. The number of hydrogen-bond acceptors (Lipinski definition) is 5. The number of piperazine rings is 1. The average Bonchev–Trinajstić information content (AvgIpc) is 2.54. The van der Waals surface area contributed by atoms with Gasteiger partial charge in [0.1, 0.15) is 11.7 Å². The zero-order valence-electron chi connectivity index (χ0n) is 11.9. The number of halogens is 1. The summed E-state index contributed by atoms with van der Waals surface area (Å²) in [5, 5.41) is 11.1. The van der Waals surface area contributed by atoms with Crippen LogP contribution in [0.1, 0.15) is 5.56 Å². The third-order valence-electron chi connectivity index (χ3n) is 3.62. The Morgan fingerprint density at radius 3 is 2.95 bits per heavy atom. The Morgan fingerprint density at radius 1 is 1.29 bits per heavy atom. The van der Waals surface area contributed by atoms with E-state index in [4.69, 9.17) is 0 Å². The summed E-state index contributed by atoms with van der Waals surface area (Å²) in [5.41, 5.74) is 0.918. The first kappa shape index (κ1) is 14.0. The van der Waals surface area contributed by atoms with Crippen LogP contribution in [0.4, 0.5) is 4.39 Å². The smallest absolute Gasteiger partial charge is 0.123 e. The molecular formula is C15H20FN5. The Kier molecular flexibility index (Phi) is 4.47. The predicted molar refractivity (Wildman–Crippen MR) is 81.0 cm³/mol. The zero-order chi connectivity index (χ0) is 14.5. The molecule has 1 aromatic carbocycles. The van der Waals surface area contributed by atoms with Gasteiger partial charge in [-0.05, 0) is 17.7 Å². The molecule has 5 nitrogen and oxygen atoms in total. The van der Waals surface area contributed by atoms with Crippen molar-refractivity contribution in [1.29, 1.82) is 0 Å². The van der Waals surface area contributed by atoms with Crippen LogP contribution in [0.25, 0.3) is 0 Å². The zero-order valence-corrected chi connectivity index (χ0v) is 11.9. The highest BCUT2D eigenvalue weighted by molar-refractivity contribution is 5.85. The molecule has 2 aliphatic rings. The number of benzene rings is 1. The fourth-order valence-corrected chi connectivity index (χ4v) is 2.50. The fourth-order valence-electron chi connectivity index (χ4n) is 2.50. The quantitative estimate of drug-likeness (QED) is 0.868. The number of hydrogen-bond donors (Lipinski definition) is 2. The highest BCUT2D eigenvalue weighted by Gasteiger charge is 2.18. The minimum absolute atomic E-state index is 0.206. The van der Waals surface area contributed by atoms with Gasteiger partial charge in [-0.1, -0.05) is 12.1 Å². The number of nitrogens with one attached hydrogen (secondary N) is 2. The third-order valence-corrected chi connectivity index (χ3v) is 3.62. The van der Waals surface area contributed by atoms with Crippen LogP contribution in [-0.4, -0.2) is 48.6 Å². The van der Waals surface area contributed by atoms with Crippen LogP contribution < -0.4 is 10.6 Å². The van der Waals surface area contributed by atoms with Crippen molar-refractivity contribution < 1.29 is 4.39 Å². The lowest BCUT2D eigenvalue weighted by molar-refractivity contribution is 0.0223. The minimum atomic E-state index is -0.206. The van der Waals surface area contributed by atoms with Crippen LogP contribution in [-0.2, 0) is 6.54 Å². The summed E-state index contributed by atoms with van der Waals surface area (Å²) in [6.07, 6.45) is 3.80. The molecule has 1 saturated heterocycles. The van der Waals surface area contributed by atoms with Crippen molar-refractivity contribution >= 4 is 5.84 Å². The molecule has 0 unspecified atom stereocenters. The topological polar surface area (TPSA) is 42.9 Å². The Hall–Kier alpha value is -1.92. The fraction of sp³-hybridized carbons (Fsp3) is 0.400. The monoisotopic (exact) mass is 289 g/mol. The Morgan fingerprint density at radius 2 is 2.14 bits per heavy atom. The highest BCUT2D eigenvalue weighted by Crippen LogP contribution is 2.07. The maximum atomic E-state index is 13.1. The second-order valence-corrected chi connectivity index (χ2v) is 5.16. The van der Waals surface area contributed by atoms with Gasteiger partial charge >= 0.3 is 0 Å². The molecule has 112 valence electrons. The average molecular weight is 289 g/mol. The molecule has 1 aromatic rings. The summed E-state index contributed by atoms with van der Waals surface area (Å²) in [6, 6.07) is 6.63. The molecule has 1 fully saturated rings. The first-order valence-electron chi connectivity index (χ1n) is 7.25. The second-order valence-electron chi connectivity index (χ2n) is 5.16. The molecule has 3 rings (SSSR count). The number of rotatable bonds is 3. The molecule has 0 saturated carbocycles. The van der Waals surface area contributed by atoms with E-state index in [1.165, 1.54) is 6.07 Å². The molecule has 21 heavy (non-hydrogen) atoms. The summed E-state index contributed by atoms with van der Waals surface area (Å²) in [7, 11) is 0. The van der Waals surface area contributed by atoms with Crippen LogP contribution in [0.15, 0.2) is 41.7 Å². The molecule has 2 aliphatic heterocycles. The van der Waals surface area contributed by atoms with Crippen molar-refractivity contribution in [2.45, 2.75) is 6.54 Å². The lowest BCUT2D eigenvalue weighted by atomic mass is 10.2. The largest absolute Gasteiger partial charge is 0.368 e. The van der Waals surface area contributed by atoms with Gasteiger partial charge in [0, 0.05) is 45.1 Å². The summed E-state index contributed by atoms with van der Waals surface area (Å²) in [6.45, 7) is 5.33. The van der Waals surface area contributed by atoms with Crippen LogP contribution in [0.3, 0.4) is 0 Å². The van der Waals surface area contributed by atoms with Gasteiger partial charge in [-0.3, -0.25) is 0 Å². The third kappa shape index (κ3) is 3.80. The van der Waals surface area contributed by atoms with Crippen molar-refractivity contribution in [2.24, 2.45) is 4.99 Å². The molecule has 0 atom stereocenters. The maximum Gasteiger partial charge on any atom is 0.123 e. The summed E-state index contributed by atoms with van der Waals surface area (Å²) >= 11 is 0. The van der Waals surface area contributed by atoms with Gasteiger partial charge in [0.2, 0.25) is 0 Å². The maximum absolute atomic E-state index is 13.1. The van der Waals surface area contributed by atoms with Crippen molar-refractivity contribution in [3.63, 3.8) is 0 Å². The lowest BCUT2D eigenvalue weighted by Gasteiger charge is -2.38. The van der Waals surface area contributed by atoms with Gasteiger partial charge in [0.05, 0.1) is 6.54 Å². The SMILES string of the molecule is Fc1cccc(CNC2=NC=CN(N3CCNCC3)C2)c1. The van der Waals surface area contributed by atoms with Crippen molar-refractivity contribution in [3.8, 4) is 0 Å². The Labute approximate surface area is 124 Å². The number of nitrogens with zero attached hydrogens (tertiary/aromatic N) is 3. The number of aliphatic imine (C=N–C) groups is 1. The molecule has 2 N–H and O–H groups in total. The van der Waals surface area contributed by atoms with E-state index in [1.807, 2.05) is 12.3 Å². The lowest BCUT2D eigenvalue weighted by Crippen LogP contribution is -2.53. The van der Waals surface area contributed by atoms with Crippen molar-refractivity contribution in [1.82, 2.24) is 20.7 Å². The van der Waals surface area contributed by atoms with E-state index in [0.717, 1.165) is 44.1 Å². The van der Waals surface area contributed by atoms with Crippen LogP contribution >= 0.6 is 0 Å². The van der Waals surface area contributed by atoms with E-state index in [1.54, 1.807) is 18.3 Å². The van der Waals surface area contributed by atoms with E-state index >= 15 is 0 Å². The number of hydrazine groups is 1.